The summed E-state index contributed by atoms with van der Waals surface area (Å²) in [6, 6.07) is 20.1. The number of carbonyl (C=O) groups is 2. The SMILES string of the molecule is O=C1S/C(=C/c2ccc(OCc3ccc(Cl)cc3Cl)cc2)C(=O)N1Cc1ccccc1Br. The van der Waals surface area contributed by atoms with Gasteiger partial charge in [-0.25, -0.2) is 0 Å². The van der Waals surface area contributed by atoms with Gasteiger partial charge in [0.25, 0.3) is 11.1 Å². The van der Waals surface area contributed by atoms with Gasteiger partial charge in [0.1, 0.15) is 12.4 Å². The van der Waals surface area contributed by atoms with Crippen molar-refractivity contribution >= 4 is 68.1 Å². The third kappa shape index (κ3) is 5.38. The summed E-state index contributed by atoms with van der Waals surface area (Å²) < 4.78 is 6.64. The zero-order valence-corrected chi connectivity index (χ0v) is 20.5. The van der Waals surface area contributed by atoms with Crippen LogP contribution in [-0.4, -0.2) is 16.0 Å². The molecular weight excluding hydrogens is 533 g/mol. The Hall–Kier alpha value is -2.25. The summed E-state index contributed by atoms with van der Waals surface area (Å²) in [7, 11) is 0. The molecule has 1 fully saturated rings. The summed E-state index contributed by atoms with van der Waals surface area (Å²) >= 11 is 16.5. The number of amides is 2. The number of hydrogen-bond donors (Lipinski definition) is 0. The van der Waals surface area contributed by atoms with Crippen LogP contribution in [0.25, 0.3) is 6.08 Å². The smallest absolute Gasteiger partial charge is 0.293 e. The summed E-state index contributed by atoms with van der Waals surface area (Å²) in [6.07, 6.45) is 1.71. The van der Waals surface area contributed by atoms with Crippen molar-refractivity contribution in [3.8, 4) is 5.75 Å². The Bertz CT molecular complexity index is 1210. The van der Waals surface area contributed by atoms with E-state index in [2.05, 4.69) is 15.9 Å². The van der Waals surface area contributed by atoms with Crippen molar-refractivity contribution in [2.75, 3.05) is 0 Å². The highest BCUT2D eigenvalue weighted by molar-refractivity contribution is 9.10. The van der Waals surface area contributed by atoms with Gasteiger partial charge < -0.3 is 4.74 Å². The van der Waals surface area contributed by atoms with Crippen molar-refractivity contribution in [1.29, 1.82) is 0 Å². The van der Waals surface area contributed by atoms with Crippen molar-refractivity contribution in [2.24, 2.45) is 0 Å². The lowest BCUT2D eigenvalue weighted by Crippen LogP contribution is -2.27. The van der Waals surface area contributed by atoms with Gasteiger partial charge in [0, 0.05) is 20.1 Å². The number of halogens is 3. The van der Waals surface area contributed by atoms with Crippen LogP contribution in [0.3, 0.4) is 0 Å². The normalized spacial score (nSPS) is 15.0. The fraction of sp³-hybridized carbons (Fsp3) is 0.0833. The Labute approximate surface area is 208 Å². The minimum Gasteiger partial charge on any atom is -0.489 e. The largest absolute Gasteiger partial charge is 0.489 e. The maximum atomic E-state index is 12.8. The average Bonchev–Trinajstić information content (AvgIpc) is 3.03. The summed E-state index contributed by atoms with van der Waals surface area (Å²) in [5.74, 6) is 0.364. The molecule has 0 atom stereocenters. The third-order valence-corrected chi connectivity index (χ3v) is 7.02. The van der Waals surface area contributed by atoms with E-state index in [1.54, 1.807) is 30.3 Å². The van der Waals surface area contributed by atoms with Crippen LogP contribution in [0.2, 0.25) is 10.0 Å². The molecule has 0 saturated carbocycles. The molecule has 1 heterocycles. The lowest BCUT2D eigenvalue weighted by molar-refractivity contribution is -0.123. The molecule has 0 N–H and O–H groups in total. The number of hydrogen-bond acceptors (Lipinski definition) is 4. The molecule has 0 unspecified atom stereocenters. The number of benzene rings is 3. The highest BCUT2D eigenvalue weighted by Crippen LogP contribution is 2.34. The lowest BCUT2D eigenvalue weighted by atomic mass is 10.2. The summed E-state index contributed by atoms with van der Waals surface area (Å²) in [4.78, 5) is 26.8. The molecule has 8 heteroatoms. The number of nitrogens with zero attached hydrogens (tertiary/aromatic N) is 1. The molecule has 1 aliphatic rings. The van der Waals surface area contributed by atoms with Gasteiger partial charge in [0.15, 0.2) is 0 Å². The molecule has 0 aliphatic carbocycles. The van der Waals surface area contributed by atoms with E-state index in [1.807, 2.05) is 42.5 Å². The molecule has 2 amide bonds. The molecule has 162 valence electrons. The van der Waals surface area contributed by atoms with Gasteiger partial charge in [-0.3, -0.25) is 14.5 Å². The van der Waals surface area contributed by atoms with E-state index in [9.17, 15) is 9.59 Å². The van der Waals surface area contributed by atoms with Crippen LogP contribution in [0.5, 0.6) is 5.75 Å². The number of imide groups is 1. The number of ether oxygens (including phenoxy) is 1. The molecule has 1 aliphatic heterocycles. The maximum absolute atomic E-state index is 12.8. The van der Waals surface area contributed by atoms with E-state index in [1.165, 1.54) is 4.90 Å². The van der Waals surface area contributed by atoms with Crippen molar-refractivity contribution in [1.82, 2.24) is 4.90 Å². The molecule has 4 rings (SSSR count). The standard InChI is InChI=1S/C24H16BrCl2NO3S/c25-20-4-2-1-3-16(20)13-28-23(29)22(32-24(28)30)11-15-5-9-19(10-6-15)31-14-17-7-8-18(26)12-21(17)27/h1-12H,13-14H2/b22-11+. The minimum absolute atomic E-state index is 0.226. The average molecular weight is 549 g/mol. The van der Waals surface area contributed by atoms with Crippen LogP contribution in [0.15, 0.2) is 76.1 Å². The molecule has 0 aromatic heterocycles. The Morgan fingerprint density at radius 2 is 1.72 bits per heavy atom. The van der Waals surface area contributed by atoms with Gasteiger partial charge in [-0.2, -0.15) is 0 Å². The van der Waals surface area contributed by atoms with Gasteiger partial charge in [0.05, 0.1) is 11.4 Å². The van der Waals surface area contributed by atoms with Crippen LogP contribution in [-0.2, 0) is 17.9 Å². The highest BCUT2D eigenvalue weighted by Gasteiger charge is 2.35. The van der Waals surface area contributed by atoms with E-state index < -0.39 is 0 Å². The van der Waals surface area contributed by atoms with Crippen molar-refractivity contribution in [3.63, 3.8) is 0 Å². The molecule has 3 aromatic rings. The molecule has 0 spiro atoms. The second-order valence-electron chi connectivity index (χ2n) is 6.95. The Morgan fingerprint density at radius 1 is 0.969 bits per heavy atom. The molecular formula is C24H16BrCl2NO3S. The molecule has 32 heavy (non-hydrogen) atoms. The second kappa shape index (κ2) is 10.1. The van der Waals surface area contributed by atoms with Crippen LogP contribution < -0.4 is 4.74 Å². The predicted octanol–water partition coefficient (Wildman–Crippen LogP) is 7.57. The number of thioether (sulfide) groups is 1. The third-order valence-electron chi connectivity index (χ3n) is 4.75. The Kier molecular flexibility index (Phi) is 7.26. The lowest BCUT2D eigenvalue weighted by Gasteiger charge is -2.13. The van der Waals surface area contributed by atoms with Gasteiger partial charge >= 0.3 is 0 Å². The second-order valence-corrected chi connectivity index (χ2v) is 9.64. The first-order chi connectivity index (χ1) is 15.4. The first-order valence-electron chi connectivity index (χ1n) is 9.56. The summed E-state index contributed by atoms with van der Waals surface area (Å²) in [5, 5.41) is 0.841. The molecule has 0 bridgehead atoms. The first kappa shape index (κ1) is 22.9. The Balaban J connectivity index is 1.42. The van der Waals surface area contributed by atoms with Crippen LogP contribution in [0.4, 0.5) is 4.79 Å². The van der Waals surface area contributed by atoms with Gasteiger partial charge in [0.2, 0.25) is 0 Å². The topological polar surface area (TPSA) is 46.6 Å². The first-order valence-corrected chi connectivity index (χ1v) is 11.9. The summed E-state index contributed by atoms with van der Waals surface area (Å²) in [5.41, 5.74) is 2.51. The van der Waals surface area contributed by atoms with Crippen molar-refractivity contribution in [2.45, 2.75) is 13.2 Å². The van der Waals surface area contributed by atoms with E-state index >= 15 is 0 Å². The minimum atomic E-state index is -0.298. The monoisotopic (exact) mass is 547 g/mol. The van der Waals surface area contributed by atoms with E-state index in [0.717, 1.165) is 32.9 Å². The molecule has 1 saturated heterocycles. The van der Waals surface area contributed by atoms with E-state index in [4.69, 9.17) is 27.9 Å². The number of carbonyl (C=O) groups excluding carboxylic acids is 2. The zero-order chi connectivity index (χ0) is 22.7. The van der Waals surface area contributed by atoms with E-state index in [0.29, 0.717) is 27.3 Å². The van der Waals surface area contributed by atoms with Crippen LogP contribution in [0.1, 0.15) is 16.7 Å². The Morgan fingerprint density at radius 3 is 2.44 bits per heavy atom. The van der Waals surface area contributed by atoms with Crippen molar-refractivity contribution in [3.05, 3.63) is 103 Å². The quantitative estimate of drug-likeness (QED) is 0.298. The fourth-order valence-corrected chi connectivity index (χ4v) is 4.76. The highest BCUT2D eigenvalue weighted by atomic mass is 79.9. The molecule has 0 radical (unpaired) electrons. The maximum Gasteiger partial charge on any atom is 0.293 e. The van der Waals surface area contributed by atoms with Gasteiger partial charge in [-0.15, -0.1) is 0 Å². The van der Waals surface area contributed by atoms with Gasteiger partial charge in [-0.1, -0.05) is 75.5 Å². The molecule has 4 nitrogen and oxygen atoms in total. The fourth-order valence-electron chi connectivity index (χ4n) is 3.04. The van der Waals surface area contributed by atoms with Gasteiger partial charge in [-0.05, 0) is 59.3 Å². The molecule has 3 aromatic carbocycles. The number of rotatable bonds is 6. The predicted molar refractivity (Wildman–Crippen MR) is 133 cm³/mol. The summed E-state index contributed by atoms with van der Waals surface area (Å²) in [6.45, 7) is 0.534. The van der Waals surface area contributed by atoms with Crippen LogP contribution in [0, 0.1) is 0 Å². The van der Waals surface area contributed by atoms with E-state index in [-0.39, 0.29) is 17.7 Å². The van der Waals surface area contributed by atoms with Crippen molar-refractivity contribution < 1.29 is 14.3 Å². The zero-order valence-electron chi connectivity index (χ0n) is 16.6. The van der Waals surface area contributed by atoms with Crippen LogP contribution >= 0.6 is 50.9 Å².